The number of aliphatic hydroxyl groups excluding tert-OH is 1. The van der Waals surface area contributed by atoms with Crippen LogP contribution in [0.5, 0.6) is 5.75 Å². The first kappa shape index (κ1) is 18.5. The van der Waals surface area contributed by atoms with Gasteiger partial charge in [-0.05, 0) is 48.5 Å². The van der Waals surface area contributed by atoms with Crippen LogP contribution in [-0.4, -0.2) is 32.8 Å². The molecule has 0 atom stereocenters. The van der Waals surface area contributed by atoms with Gasteiger partial charge in [-0.25, -0.2) is 9.67 Å². The van der Waals surface area contributed by atoms with Gasteiger partial charge in [0.2, 0.25) is 0 Å². The Morgan fingerprint density at radius 1 is 1.04 bits per heavy atom. The summed E-state index contributed by atoms with van der Waals surface area (Å²) in [5.74, 6) is 5.94. The van der Waals surface area contributed by atoms with Crippen LogP contribution in [0.25, 0.3) is 17.1 Å². The second-order valence-electron chi connectivity index (χ2n) is 5.41. The third-order valence-electron chi connectivity index (χ3n) is 3.44. The van der Waals surface area contributed by atoms with Crippen LogP contribution < -0.4 is 4.74 Å². The Hall–Kier alpha value is -3.31. The second-order valence-corrected chi connectivity index (χ2v) is 5.41. The number of ether oxygens (including phenoxy) is 1. The van der Waals surface area contributed by atoms with Crippen molar-refractivity contribution >= 4 is 0 Å². The van der Waals surface area contributed by atoms with Gasteiger partial charge in [0.1, 0.15) is 12.1 Å². The molecule has 0 fully saturated rings. The smallest absolute Gasteiger partial charge is 0.406 e. The third kappa shape index (κ3) is 5.09. The standard InChI is InChI=1S/C19H14F3N3O2/c20-19(21,22)27-17-10-8-16(9-11-17)25-13-23-18(24-25)15-6-4-14(5-7-15)3-1-2-12-26/h4-11,13,26H,2,12H2. The molecule has 27 heavy (non-hydrogen) atoms. The van der Waals surface area contributed by atoms with Crippen molar-refractivity contribution in [1.29, 1.82) is 0 Å². The van der Waals surface area contributed by atoms with Crippen LogP contribution in [0.1, 0.15) is 12.0 Å². The van der Waals surface area contributed by atoms with Gasteiger partial charge in [-0.2, -0.15) is 0 Å². The van der Waals surface area contributed by atoms with Gasteiger partial charge in [0.25, 0.3) is 0 Å². The molecule has 3 aromatic rings. The molecule has 0 saturated carbocycles. The van der Waals surface area contributed by atoms with Crippen molar-refractivity contribution in [3.63, 3.8) is 0 Å². The normalized spacial score (nSPS) is 11.0. The van der Waals surface area contributed by atoms with Crippen molar-refractivity contribution in [2.45, 2.75) is 12.8 Å². The number of aromatic nitrogens is 3. The topological polar surface area (TPSA) is 60.2 Å². The van der Waals surface area contributed by atoms with E-state index in [-0.39, 0.29) is 12.4 Å². The molecule has 5 nitrogen and oxygen atoms in total. The fraction of sp³-hybridized carbons (Fsp3) is 0.158. The number of nitrogens with zero attached hydrogens (tertiary/aromatic N) is 3. The maximum absolute atomic E-state index is 12.2. The van der Waals surface area contributed by atoms with E-state index >= 15 is 0 Å². The Labute approximate surface area is 153 Å². The van der Waals surface area contributed by atoms with E-state index in [4.69, 9.17) is 5.11 Å². The molecular formula is C19H14F3N3O2. The van der Waals surface area contributed by atoms with Gasteiger partial charge in [-0.15, -0.1) is 18.3 Å². The van der Waals surface area contributed by atoms with E-state index in [1.807, 2.05) is 24.3 Å². The summed E-state index contributed by atoms with van der Waals surface area (Å²) >= 11 is 0. The number of alkyl halides is 3. The molecule has 0 unspecified atom stereocenters. The van der Waals surface area contributed by atoms with Gasteiger partial charge < -0.3 is 9.84 Å². The van der Waals surface area contributed by atoms with Crippen molar-refractivity contribution in [1.82, 2.24) is 14.8 Å². The predicted molar refractivity (Wildman–Crippen MR) is 92.1 cm³/mol. The first-order valence-corrected chi connectivity index (χ1v) is 7.92. The van der Waals surface area contributed by atoms with Crippen LogP contribution in [0.4, 0.5) is 13.2 Å². The Bertz CT molecular complexity index is 953. The van der Waals surface area contributed by atoms with Crippen LogP contribution in [0.15, 0.2) is 54.9 Å². The number of hydrogen-bond acceptors (Lipinski definition) is 4. The molecule has 2 aromatic carbocycles. The summed E-state index contributed by atoms with van der Waals surface area (Å²) in [6.07, 6.45) is -2.83. The third-order valence-corrected chi connectivity index (χ3v) is 3.44. The summed E-state index contributed by atoms with van der Waals surface area (Å²) in [4.78, 5) is 4.22. The molecule has 0 bridgehead atoms. The SMILES string of the molecule is OCCC#Cc1ccc(-c2ncn(-c3ccc(OC(F)(F)F)cc3)n2)cc1. The Kier molecular flexibility index (Phi) is 5.43. The predicted octanol–water partition coefficient (Wildman–Crippen LogP) is 3.57. The minimum absolute atomic E-state index is 0.0236. The highest BCUT2D eigenvalue weighted by Gasteiger charge is 2.30. The largest absolute Gasteiger partial charge is 0.573 e. The van der Waals surface area contributed by atoms with Gasteiger partial charge in [0, 0.05) is 17.5 Å². The average molecular weight is 373 g/mol. The molecule has 1 N–H and O–H groups in total. The van der Waals surface area contributed by atoms with E-state index in [9.17, 15) is 13.2 Å². The maximum Gasteiger partial charge on any atom is 0.573 e. The lowest BCUT2D eigenvalue weighted by atomic mass is 10.1. The van der Waals surface area contributed by atoms with Crippen molar-refractivity contribution in [2.24, 2.45) is 0 Å². The highest BCUT2D eigenvalue weighted by molar-refractivity contribution is 5.56. The van der Waals surface area contributed by atoms with Crippen molar-refractivity contribution in [3.05, 3.63) is 60.4 Å². The van der Waals surface area contributed by atoms with Crippen LogP contribution in [0.3, 0.4) is 0 Å². The zero-order chi connectivity index (χ0) is 19.3. The zero-order valence-corrected chi connectivity index (χ0v) is 13.9. The molecule has 0 spiro atoms. The van der Waals surface area contributed by atoms with E-state index < -0.39 is 6.36 Å². The van der Waals surface area contributed by atoms with Gasteiger partial charge >= 0.3 is 6.36 Å². The summed E-state index contributed by atoms with van der Waals surface area (Å²) < 4.78 is 41.9. The van der Waals surface area contributed by atoms with Gasteiger partial charge in [-0.1, -0.05) is 11.8 Å². The van der Waals surface area contributed by atoms with Crippen LogP contribution in [-0.2, 0) is 0 Å². The molecule has 8 heteroatoms. The minimum atomic E-state index is -4.73. The lowest BCUT2D eigenvalue weighted by molar-refractivity contribution is -0.274. The number of rotatable bonds is 4. The minimum Gasteiger partial charge on any atom is -0.406 e. The number of hydrogen-bond donors (Lipinski definition) is 1. The molecule has 1 aromatic heterocycles. The number of benzene rings is 2. The lowest BCUT2D eigenvalue weighted by Crippen LogP contribution is -2.17. The molecular weight excluding hydrogens is 359 g/mol. The van der Waals surface area contributed by atoms with Crippen LogP contribution in [0, 0.1) is 11.8 Å². The fourth-order valence-electron chi connectivity index (χ4n) is 2.24. The summed E-state index contributed by atoms with van der Waals surface area (Å²) in [7, 11) is 0. The molecule has 0 saturated heterocycles. The average Bonchev–Trinajstić information content (AvgIpc) is 3.12. The molecule has 0 aliphatic carbocycles. The van der Waals surface area contributed by atoms with Gasteiger partial charge in [-0.3, -0.25) is 0 Å². The summed E-state index contributed by atoms with van der Waals surface area (Å²) in [6, 6.07) is 12.6. The van der Waals surface area contributed by atoms with E-state index in [2.05, 4.69) is 26.7 Å². The molecule has 1 heterocycles. The second kappa shape index (κ2) is 7.93. The van der Waals surface area contributed by atoms with E-state index in [1.54, 1.807) is 0 Å². The number of aliphatic hydroxyl groups is 1. The molecule has 3 rings (SSSR count). The van der Waals surface area contributed by atoms with Crippen molar-refractivity contribution in [2.75, 3.05) is 6.61 Å². The lowest BCUT2D eigenvalue weighted by Gasteiger charge is -2.09. The summed E-state index contributed by atoms with van der Waals surface area (Å²) in [6.45, 7) is 0.0236. The fourth-order valence-corrected chi connectivity index (χ4v) is 2.24. The van der Waals surface area contributed by atoms with Crippen molar-refractivity contribution in [3.8, 4) is 34.7 Å². The van der Waals surface area contributed by atoms with Crippen LogP contribution in [0.2, 0.25) is 0 Å². The van der Waals surface area contributed by atoms with Crippen LogP contribution >= 0.6 is 0 Å². The molecule has 0 aliphatic rings. The first-order chi connectivity index (χ1) is 12.9. The number of halogens is 3. The molecule has 0 aliphatic heterocycles. The molecule has 0 amide bonds. The summed E-state index contributed by atoms with van der Waals surface area (Å²) in [5.41, 5.74) is 2.14. The molecule has 138 valence electrons. The van der Waals surface area contributed by atoms with Gasteiger partial charge in [0.05, 0.1) is 12.3 Å². The van der Waals surface area contributed by atoms with E-state index in [0.717, 1.165) is 11.1 Å². The highest BCUT2D eigenvalue weighted by Crippen LogP contribution is 2.24. The maximum atomic E-state index is 12.2. The quantitative estimate of drug-likeness (QED) is 0.711. The Morgan fingerprint density at radius 2 is 1.74 bits per heavy atom. The first-order valence-electron chi connectivity index (χ1n) is 7.92. The Morgan fingerprint density at radius 3 is 2.37 bits per heavy atom. The van der Waals surface area contributed by atoms with E-state index in [0.29, 0.717) is 17.9 Å². The Balaban J connectivity index is 1.74. The highest BCUT2D eigenvalue weighted by atomic mass is 19.4. The zero-order valence-electron chi connectivity index (χ0n) is 13.9. The molecule has 0 radical (unpaired) electrons. The van der Waals surface area contributed by atoms with Gasteiger partial charge in [0.15, 0.2) is 5.82 Å². The summed E-state index contributed by atoms with van der Waals surface area (Å²) in [5, 5.41) is 13.1. The van der Waals surface area contributed by atoms with Crippen molar-refractivity contribution < 1.29 is 23.0 Å². The van der Waals surface area contributed by atoms with E-state index in [1.165, 1.54) is 35.3 Å². The monoisotopic (exact) mass is 373 g/mol.